The number of hydrogen-bond donors (Lipinski definition) is 2. The minimum atomic E-state index is 0.0871. The SMILES string of the molecule is O=C(NCCCCc1ccc(Cl)s1)[C@H]1CCc2cn[nH]c2C1. The third kappa shape index (κ3) is 3.90. The Morgan fingerprint density at radius 2 is 2.36 bits per heavy atom. The molecule has 0 bridgehead atoms. The van der Waals surface area contributed by atoms with E-state index < -0.39 is 0 Å². The molecule has 1 atom stereocenters. The highest BCUT2D eigenvalue weighted by Crippen LogP contribution is 2.24. The van der Waals surface area contributed by atoms with Gasteiger partial charge in [-0.05, 0) is 49.8 Å². The van der Waals surface area contributed by atoms with Crippen molar-refractivity contribution in [3.05, 3.63) is 38.8 Å². The van der Waals surface area contributed by atoms with E-state index in [1.54, 1.807) is 11.3 Å². The van der Waals surface area contributed by atoms with Crippen molar-refractivity contribution >= 4 is 28.8 Å². The van der Waals surface area contributed by atoms with E-state index >= 15 is 0 Å². The average molecular weight is 338 g/mol. The van der Waals surface area contributed by atoms with Crippen molar-refractivity contribution in [1.29, 1.82) is 0 Å². The number of carbonyl (C=O) groups excluding carboxylic acids is 1. The third-order valence-electron chi connectivity index (χ3n) is 4.17. The van der Waals surface area contributed by atoms with Crippen LogP contribution in [0.1, 0.15) is 35.4 Å². The summed E-state index contributed by atoms with van der Waals surface area (Å²) >= 11 is 7.55. The van der Waals surface area contributed by atoms with E-state index in [1.165, 1.54) is 10.4 Å². The van der Waals surface area contributed by atoms with Gasteiger partial charge in [0.25, 0.3) is 0 Å². The molecule has 2 aromatic heterocycles. The lowest BCUT2D eigenvalue weighted by Gasteiger charge is -2.20. The summed E-state index contributed by atoms with van der Waals surface area (Å²) in [6.45, 7) is 0.754. The first kappa shape index (κ1) is 15.6. The molecule has 0 unspecified atom stereocenters. The maximum Gasteiger partial charge on any atom is 0.223 e. The molecule has 0 aromatic carbocycles. The second kappa shape index (κ2) is 7.29. The molecule has 1 amide bonds. The van der Waals surface area contributed by atoms with E-state index in [9.17, 15) is 4.79 Å². The van der Waals surface area contributed by atoms with Gasteiger partial charge in [0.1, 0.15) is 0 Å². The van der Waals surface area contributed by atoms with E-state index in [1.807, 2.05) is 12.3 Å². The van der Waals surface area contributed by atoms with E-state index in [2.05, 4.69) is 21.6 Å². The van der Waals surface area contributed by atoms with Gasteiger partial charge in [-0.15, -0.1) is 11.3 Å². The smallest absolute Gasteiger partial charge is 0.223 e. The van der Waals surface area contributed by atoms with E-state index in [-0.39, 0.29) is 11.8 Å². The second-order valence-corrected chi connectivity index (χ2v) is 7.57. The van der Waals surface area contributed by atoms with Crippen molar-refractivity contribution in [2.75, 3.05) is 6.54 Å². The van der Waals surface area contributed by atoms with Gasteiger partial charge < -0.3 is 5.32 Å². The number of nitrogens with zero attached hydrogens (tertiary/aromatic N) is 1. The number of fused-ring (bicyclic) bond motifs is 1. The Bertz CT molecular complexity index is 637. The summed E-state index contributed by atoms with van der Waals surface area (Å²) in [6, 6.07) is 4.02. The van der Waals surface area contributed by atoms with Gasteiger partial charge in [0.15, 0.2) is 0 Å². The molecule has 0 spiro atoms. The molecule has 0 saturated carbocycles. The Labute approximate surface area is 139 Å². The van der Waals surface area contributed by atoms with Crippen LogP contribution in [0.4, 0.5) is 0 Å². The Balaban J connectivity index is 1.34. The topological polar surface area (TPSA) is 57.8 Å². The number of aryl methyl sites for hydroxylation is 2. The number of carbonyl (C=O) groups is 1. The van der Waals surface area contributed by atoms with Gasteiger partial charge in [-0.3, -0.25) is 9.89 Å². The first-order chi connectivity index (χ1) is 10.7. The van der Waals surface area contributed by atoms with Gasteiger partial charge in [-0.2, -0.15) is 5.10 Å². The number of H-pyrrole nitrogens is 1. The summed E-state index contributed by atoms with van der Waals surface area (Å²) in [4.78, 5) is 13.5. The fourth-order valence-electron chi connectivity index (χ4n) is 2.90. The predicted octanol–water partition coefficient (Wildman–Crippen LogP) is 3.37. The van der Waals surface area contributed by atoms with Gasteiger partial charge in [0.05, 0.1) is 10.5 Å². The molecule has 0 fully saturated rings. The number of nitrogens with one attached hydrogen (secondary N) is 2. The monoisotopic (exact) mass is 337 g/mol. The van der Waals surface area contributed by atoms with Gasteiger partial charge >= 0.3 is 0 Å². The van der Waals surface area contributed by atoms with E-state index in [0.717, 1.165) is 55.1 Å². The van der Waals surface area contributed by atoms with E-state index in [0.29, 0.717) is 0 Å². The van der Waals surface area contributed by atoms with Gasteiger partial charge in [0.2, 0.25) is 5.91 Å². The summed E-state index contributed by atoms with van der Waals surface area (Å²) in [5.74, 6) is 0.267. The summed E-state index contributed by atoms with van der Waals surface area (Å²) in [5, 5.41) is 10.1. The van der Waals surface area contributed by atoms with Crippen LogP contribution >= 0.6 is 22.9 Å². The molecule has 1 aliphatic carbocycles. The molecule has 2 N–H and O–H groups in total. The number of halogens is 1. The van der Waals surface area contributed by atoms with Crippen molar-refractivity contribution in [1.82, 2.24) is 15.5 Å². The van der Waals surface area contributed by atoms with Crippen LogP contribution < -0.4 is 5.32 Å². The zero-order valence-corrected chi connectivity index (χ0v) is 14.0. The molecule has 118 valence electrons. The Kier molecular flexibility index (Phi) is 5.16. The highest BCUT2D eigenvalue weighted by atomic mass is 35.5. The second-order valence-electron chi connectivity index (χ2n) is 5.77. The third-order valence-corrected chi connectivity index (χ3v) is 5.46. The number of amides is 1. The molecule has 2 heterocycles. The zero-order valence-electron chi connectivity index (χ0n) is 12.4. The fourth-order valence-corrected chi connectivity index (χ4v) is 4.03. The first-order valence-electron chi connectivity index (χ1n) is 7.75. The van der Waals surface area contributed by atoms with Crippen LogP contribution in [0.25, 0.3) is 0 Å². The van der Waals surface area contributed by atoms with Crippen molar-refractivity contribution in [3.63, 3.8) is 0 Å². The van der Waals surface area contributed by atoms with Crippen LogP contribution in [-0.2, 0) is 24.1 Å². The van der Waals surface area contributed by atoms with Crippen LogP contribution in [0, 0.1) is 5.92 Å². The molecule has 4 nitrogen and oxygen atoms in total. The lowest BCUT2D eigenvalue weighted by molar-refractivity contribution is -0.125. The van der Waals surface area contributed by atoms with Gasteiger partial charge in [0, 0.05) is 29.5 Å². The number of rotatable bonds is 6. The summed E-state index contributed by atoms with van der Waals surface area (Å²) < 4.78 is 0.846. The van der Waals surface area contributed by atoms with Crippen LogP contribution in [0.5, 0.6) is 0 Å². The molecule has 3 rings (SSSR count). The Hall–Kier alpha value is -1.33. The number of aromatic nitrogens is 2. The van der Waals surface area contributed by atoms with E-state index in [4.69, 9.17) is 11.6 Å². The maximum atomic E-state index is 12.2. The van der Waals surface area contributed by atoms with Crippen LogP contribution in [0.2, 0.25) is 4.34 Å². The van der Waals surface area contributed by atoms with Crippen molar-refractivity contribution in [2.24, 2.45) is 5.92 Å². The number of hydrogen-bond acceptors (Lipinski definition) is 3. The highest BCUT2D eigenvalue weighted by Gasteiger charge is 2.25. The zero-order chi connectivity index (χ0) is 15.4. The maximum absolute atomic E-state index is 12.2. The summed E-state index contributed by atoms with van der Waals surface area (Å²) in [6.07, 6.45) is 7.65. The lowest BCUT2D eigenvalue weighted by Crippen LogP contribution is -2.34. The summed E-state index contributed by atoms with van der Waals surface area (Å²) in [5.41, 5.74) is 2.39. The average Bonchev–Trinajstić information content (AvgIpc) is 3.14. The van der Waals surface area contributed by atoms with Gasteiger partial charge in [-0.25, -0.2) is 0 Å². The molecule has 6 heteroatoms. The minimum absolute atomic E-state index is 0.0871. The quantitative estimate of drug-likeness (QED) is 0.794. The first-order valence-corrected chi connectivity index (χ1v) is 8.95. The Morgan fingerprint density at radius 1 is 1.45 bits per heavy atom. The molecular weight excluding hydrogens is 318 g/mol. The molecule has 0 saturated heterocycles. The Morgan fingerprint density at radius 3 is 3.18 bits per heavy atom. The molecule has 1 aliphatic rings. The highest BCUT2D eigenvalue weighted by molar-refractivity contribution is 7.16. The standard InChI is InChI=1S/C16H20ClN3OS/c17-15-7-6-13(22-15)3-1-2-8-18-16(21)11-4-5-12-10-19-20-14(12)9-11/h6-7,10-11H,1-5,8-9H2,(H,18,21)(H,19,20)/t11-/m0/s1. The van der Waals surface area contributed by atoms with Crippen molar-refractivity contribution < 1.29 is 4.79 Å². The van der Waals surface area contributed by atoms with Crippen LogP contribution in [0.3, 0.4) is 0 Å². The van der Waals surface area contributed by atoms with Gasteiger partial charge in [-0.1, -0.05) is 11.6 Å². The molecule has 22 heavy (non-hydrogen) atoms. The lowest BCUT2D eigenvalue weighted by atomic mass is 9.87. The fraction of sp³-hybridized carbons (Fsp3) is 0.500. The molecular formula is C16H20ClN3OS. The molecule has 0 radical (unpaired) electrons. The predicted molar refractivity (Wildman–Crippen MR) is 89.4 cm³/mol. The number of unbranched alkanes of at least 4 members (excludes halogenated alkanes) is 1. The number of thiophene rings is 1. The normalized spacial score (nSPS) is 17.2. The van der Waals surface area contributed by atoms with Crippen molar-refractivity contribution in [2.45, 2.75) is 38.5 Å². The van der Waals surface area contributed by atoms with Crippen molar-refractivity contribution in [3.8, 4) is 0 Å². The molecule has 0 aliphatic heterocycles. The number of aromatic amines is 1. The minimum Gasteiger partial charge on any atom is -0.356 e. The van der Waals surface area contributed by atoms with Crippen LogP contribution in [-0.4, -0.2) is 22.6 Å². The molecule has 2 aromatic rings. The summed E-state index contributed by atoms with van der Waals surface area (Å²) in [7, 11) is 0. The largest absolute Gasteiger partial charge is 0.356 e. The van der Waals surface area contributed by atoms with Crippen LogP contribution in [0.15, 0.2) is 18.3 Å².